The van der Waals surface area contributed by atoms with Crippen molar-refractivity contribution in [1.29, 1.82) is 0 Å². The predicted molar refractivity (Wildman–Crippen MR) is 73.7 cm³/mol. The van der Waals surface area contributed by atoms with E-state index in [9.17, 15) is 10.2 Å². The average Bonchev–Trinajstić information content (AvgIpc) is 2.40. The molecule has 3 heteroatoms. The third-order valence-electron chi connectivity index (χ3n) is 6.92. The lowest BCUT2D eigenvalue weighted by molar-refractivity contribution is -0.222. The minimum absolute atomic E-state index is 0.177. The van der Waals surface area contributed by atoms with E-state index in [-0.39, 0.29) is 17.7 Å². The van der Waals surface area contributed by atoms with Gasteiger partial charge in [0, 0.05) is 11.5 Å². The summed E-state index contributed by atoms with van der Waals surface area (Å²) in [4.78, 5) is 2.72. The van der Waals surface area contributed by atoms with E-state index in [4.69, 9.17) is 0 Å². The van der Waals surface area contributed by atoms with Gasteiger partial charge in [0.15, 0.2) is 0 Å². The molecule has 4 unspecified atom stereocenters. The van der Waals surface area contributed by atoms with Crippen molar-refractivity contribution in [1.82, 2.24) is 4.90 Å². The summed E-state index contributed by atoms with van der Waals surface area (Å²) < 4.78 is 0. The maximum atomic E-state index is 10.6. The fourth-order valence-electron chi connectivity index (χ4n) is 6.36. The normalized spacial score (nSPS) is 57.6. The SMILES string of the molecule is C[C@H]1CC23C4CCCN2CCCC3[C@H](O)CC4[C@H]1O. The third kappa shape index (κ3) is 1.50. The highest BCUT2D eigenvalue weighted by Gasteiger charge is 2.64. The van der Waals surface area contributed by atoms with E-state index in [0.29, 0.717) is 23.7 Å². The fraction of sp³-hybridized carbons (Fsp3) is 1.00. The number of aliphatic hydroxyl groups excluding tert-OH is 2. The molecule has 2 N–H and O–H groups in total. The van der Waals surface area contributed by atoms with Crippen molar-refractivity contribution in [2.24, 2.45) is 23.7 Å². The molecule has 108 valence electrons. The molecule has 2 saturated heterocycles. The zero-order valence-corrected chi connectivity index (χ0v) is 12.0. The second-order valence-corrected chi connectivity index (χ2v) is 7.61. The van der Waals surface area contributed by atoms with Gasteiger partial charge in [0.2, 0.25) is 0 Å². The Balaban J connectivity index is 1.81. The van der Waals surface area contributed by atoms with E-state index in [1.54, 1.807) is 0 Å². The molecular formula is C16H27NO2. The summed E-state index contributed by atoms with van der Waals surface area (Å²) in [7, 11) is 0. The molecule has 1 spiro atoms. The van der Waals surface area contributed by atoms with Gasteiger partial charge < -0.3 is 10.2 Å². The minimum atomic E-state index is -0.187. The van der Waals surface area contributed by atoms with Gasteiger partial charge in [-0.05, 0) is 69.4 Å². The number of aliphatic hydroxyl groups is 2. The van der Waals surface area contributed by atoms with Crippen LogP contribution in [-0.4, -0.2) is 45.9 Å². The van der Waals surface area contributed by atoms with Crippen LogP contribution in [0.4, 0.5) is 0 Å². The molecule has 0 aromatic carbocycles. The van der Waals surface area contributed by atoms with Crippen LogP contribution in [0.1, 0.15) is 45.4 Å². The van der Waals surface area contributed by atoms with Crippen molar-refractivity contribution in [3.8, 4) is 0 Å². The van der Waals surface area contributed by atoms with Crippen LogP contribution in [0.25, 0.3) is 0 Å². The van der Waals surface area contributed by atoms with Crippen molar-refractivity contribution in [3.05, 3.63) is 0 Å². The molecule has 2 aliphatic heterocycles. The first-order chi connectivity index (χ1) is 9.14. The molecule has 0 aromatic heterocycles. The van der Waals surface area contributed by atoms with E-state index in [1.807, 2.05) is 0 Å². The second-order valence-electron chi connectivity index (χ2n) is 7.61. The Morgan fingerprint density at radius 2 is 1.74 bits per heavy atom. The Labute approximate surface area is 116 Å². The van der Waals surface area contributed by atoms with Crippen LogP contribution in [-0.2, 0) is 0 Å². The van der Waals surface area contributed by atoms with E-state index in [2.05, 4.69) is 11.8 Å². The van der Waals surface area contributed by atoms with Crippen molar-refractivity contribution in [2.75, 3.05) is 13.1 Å². The van der Waals surface area contributed by atoms with Gasteiger partial charge in [-0.3, -0.25) is 4.90 Å². The first-order valence-electron chi connectivity index (χ1n) is 8.26. The molecule has 4 fully saturated rings. The third-order valence-corrected chi connectivity index (χ3v) is 6.92. The minimum Gasteiger partial charge on any atom is -0.393 e. The smallest absolute Gasteiger partial charge is 0.0598 e. The van der Waals surface area contributed by atoms with E-state index in [1.165, 1.54) is 38.8 Å². The fourth-order valence-corrected chi connectivity index (χ4v) is 6.36. The van der Waals surface area contributed by atoms with Gasteiger partial charge in [-0.1, -0.05) is 6.92 Å². The molecule has 2 bridgehead atoms. The first-order valence-corrected chi connectivity index (χ1v) is 8.26. The van der Waals surface area contributed by atoms with Crippen LogP contribution in [0.5, 0.6) is 0 Å². The molecule has 0 radical (unpaired) electrons. The lowest BCUT2D eigenvalue weighted by atomic mass is 9.47. The van der Waals surface area contributed by atoms with Crippen LogP contribution >= 0.6 is 0 Å². The summed E-state index contributed by atoms with van der Waals surface area (Å²) in [6.07, 6.45) is 6.59. The van der Waals surface area contributed by atoms with Gasteiger partial charge in [0.1, 0.15) is 0 Å². The highest BCUT2D eigenvalue weighted by molar-refractivity contribution is 5.16. The van der Waals surface area contributed by atoms with Gasteiger partial charge in [-0.15, -0.1) is 0 Å². The predicted octanol–water partition coefficient (Wildman–Crippen LogP) is 1.63. The number of nitrogens with zero attached hydrogens (tertiary/aromatic N) is 1. The van der Waals surface area contributed by atoms with Gasteiger partial charge in [0.25, 0.3) is 0 Å². The maximum Gasteiger partial charge on any atom is 0.0598 e. The number of hydrogen-bond acceptors (Lipinski definition) is 3. The second kappa shape index (κ2) is 4.19. The quantitative estimate of drug-likeness (QED) is 0.699. The van der Waals surface area contributed by atoms with Crippen LogP contribution in [0.2, 0.25) is 0 Å². The lowest BCUT2D eigenvalue weighted by Gasteiger charge is -2.68. The van der Waals surface area contributed by atoms with Crippen molar-refractivity contribution < 1.29 is 10.2 Å². The van der Waals surface area contributed by atoms with Crippen LogP contribution < -0.4 is 0 Å². The number of hydrogen-bond donors (Lipinski definition) is 2. The molecule has 4 aliphatic rings. The number of piperidine rings is 2. The van der Waals surface area contributed by atoms with E-state index >= 15 is 0 Å². The molecule has 0 aromatic rings. The molecule has 2 heterocycles. The largest absolute Gasteiger partial charge is 0.393 e. The van der Waals surface area contributed by atoms with Crippen molar-refractivity contribution >= 4 is 0 Å². The summed E-state index contributed by atoms with van der Waals surface area (Å²) in [6, 6.07) is 0. The monoisotopic (exact) mass is 265 g/mol. The molecule has 4 rings (SSSR count). The zero-order chi connectivity index (χ0) is 13.2. The van der Waals surface area contributed by atoms with Crippen LogP contribution in [0, 0.1) is 23.7 Å². The van der Waals surface area contributed by atoms with Crippen LogP contribution in [0.15, 0.2) is 0 Å². The molecule has 2 aliphatic carbocycles. The standard InChI is InChI=1S/C16H27NO2/c1-10-9-16-12-4-2-6-17(16)7-3-5-13(16)14(18)8-11(12)15(10)19/h10-15,18-19H,2-9H2,1H3/t10-,11?,12?,13?,14+,15-,16?/m0/s1. The topological polar surface area (TPSA) is 43.7 Å². The number of rotatable bonds is 0. The Morgan fingerprint density at radius 1 is 1.05 bits per heavy atom. The average molecular weight is 265 g/mol. The van der Waals surface area contributed by atoms with Crippen molar-refractivity contribution in [3.63, 3.8) is 0 Å². The molecule has 19 heavy (non-hydrogen) atoms. The zero-order valence-electron chi connectivity index (χ0n) is 12.0. The summed E-state index contributed by atoms with van der Waals surface area (Å²) in [5.74, 6) is 1.85. The lowest BCUT2D eigenvalue weighted by Crippen LogP contribution is -2.74. The Morgan fingerprint density at radius 3 is 2.47 bits per heavy atom. The molecule has 2 saturated carbocycles. The van der Waals surface area contributed by atoms with Gasteiger partial charge in [0.05, 0.1) is 12.2 Å². The Bertz CT molecular complexity index is 372. The van der Waals surface area contributed by atoms with Crippen molar-refractivity contribution in [2.45, 2.75) is 63.2 Å². The molecule has 3 nitrogen and oxygen atoms in total. The van der Waals surface area contributed by atoms with E-state index in [0.717, 1.165) is 12.8 Å². The maximum absolute atomic E-state index is 10.6. The Hall–Kier alpha value is -0.120. The summed E-state index contributed by atoms with van der Waals surface area (Å²) in [6.45, 7) is 4.66. The summed E-state index contributed by atoms with van der Waals surface area (Å²) in [5.41, 5.74) is 0.234. The molecular weight excluding hydrogens is 238 g/mol. The molecule has 0 amide bonds. The summed E-state index contributed by atoms with van der Waals surface area (Å²) >= 11 is 0. The van der Waals surface area contributed by atoms with Gasteiger partial charge in [-0.2, -0.15) is 0 Å². The summed E-state index contributed by atoms with van der Waals surface area (Å²) in [5, 5.41) is 21.2. The highest BCUT2D eigenvalue weighted by atomic mass is 16.3. The molecule has 7 atom stereocenters. The first kappa shape index (κ1) is 12.6. The van der Waals surface area contributed by atoms with E-state index < -0.39 is 0 Å². The van der Waals surface area contributed by atoms with Gasteiger partial charge >= 0.3 is 0 Å². The highest BCUT2D eigenvalue weighted by Crippen LogP contribution is 2.60. The Kier molecular flexibility index (Phi) is 2.78. The van der Waals surface area contributed by atoms with Crippen LogP contribution in [0.3, 0.4) is 0 Å². The van der Waals surface area contributed by atoms with Gasteiger partial charge in [-0.25, -0.2) is 0 Å².